The minimum absolute atomic E-state index is 0.0761. The topological polar surface area (TPSA) is 87.7 Å². The average molecular weight is 391 g/mol. The number of hydrogen-bond acceptors (Lipinski definition) is 5. The molecule has 2 aliphatic heterocycles. The highest BCUT2D eigenvalue weighted by Gasteiger charge is 2.48. The molecule has 3 amide bonds. The van der Waals surface area contributed by atoms with Gasteiger partial charge >= 0.3 is 0 Å². The molecule has 1 fully saturated rings. The zero-order chi connectivity index (χ0) is 19.6. The molecule has 0 saturated carbocycles. The first-order valence-electron chi connectivity index (χ1n) is 9.06. The third-order valence-corrected chi connectivity index (χ3v) is 6.15. The van der Waals surface area contributed by atoms with Crippen molar-refractivity contribution in [1.29, 1.82) is 0 Å². The molecule has 7 nitrogen and oxygen atoms in total. The number of amides is 3. The smallest absolute Gasteiger partial charge is 0.256 e. The Morgan fingerprint density at radius 1 is 1.33 bits per heavy atom. The minimum atomic E-state index is -0.654. The van der Waals surface area contributed by atoms with Crippen molar-refractivity contribution in [2.75, 3.05) is 26.0 Å². The Hall–Kier alpha value is -2.06. The number of hydrogen-bond donors (Lipinski definition) is 2. The van der Waals surface area contributed by atoms with Crippen LogP contribution in [0.1, 0.15) is 35.1 Å². The Kier molecular flexibility index (Phi) is 6.06. The highest BCUT2D eigenvalue weighted by molar-refractivity contribution is 7.99. The van der Waals surface area contributed by atoms with E-state index in [-0.39, 0.29) is 29.0 Å². The molecule has 0 aromatic heterocycles. The van der Waals surface area contributed by atoms with Crippen LogP contribution in [0.3, 0.4) is 0 Å². The van der Waals surface area contributed by atoms with Crippen molar-refractivity contribution in [3.05, 3.63) is 35.4 Å². The summed E-state index contributed by atoms with van der Waals surface area (Å²) in [6.07, 6.45) is 0. The van der Waals surface area contributed by atoms with Gasteiger partial charge in [-0.2, -0.15) is 0 Å². The molecule has 3 atom stereocenters. The zero-order valence-corrected chi connectivity index (χ0v) is 16.5. The lowest BCUT2D eigenvalue weighted by Crippen LogP contribution is -2.55. The van der Waals surface area contributed by atoms with E-state index in [0.717, 1.165) is 5.56 Å². The molecule has 2 heterocycles. The standard InChI is InChI=1S/C19H25N3O4S/c1-11(2)15(17(24)20-8-9-26-3)21-16(23)14-10-27-19-13-7-5-4-6-12(13)18(25)22(14)19/h4-7,11,14-15,19H,8-10H2,1-3H3,(H,20,24)(H,21,23)/t14-,15-,19-/m0/s1. The first-order valence-corrected chi connectivity index (χ1v) is 10.1. The van der Waals surface area contributed by atoms with Crippen LogP contribution in [0.4, 0.5) is 0 Å². The molecule has 1 aromatic carbocycles. The van der Waals surface area contributed by atoms with Gasteiger partial charge in [0.15, 0.2) is 0 Å². The lowest BCUT2D eigenvalue weighted by atomic mass is 10.0. The summed E-state index contributed by atoms with van der Waals surface area (Å²) < 4.78 is 4.94. The van der Waals surface area contributed by atoms with Crippen LogP contribution in [0.15, 0.2) is 24.3 Å². The van der Waals surface area contributed by atoms with E-state index in [2.05, 4.69) is 10.6 Å². The van der Waals surface area contributed by atoms with Crippen molar-refractivity contribution >= 4 is 29.5 Å². The van der Waals surface area contributed by atoms with E-state index in [1.54, 1.807) is 29.8 Å². The number of nitrogens with one attached hydrogen (secondary N) is 2. The summed E-state index contributed by atoms with van der Waals surface area (Å²) in [4.78, 5) is 39.7. The summed E-state index contributed by atoms with van der Waals surface area (Å²) in [6, 6.07) is 6.24. The molecular formula is C19H25N3O4S. The number of ether oxygens (including phenoxy) is 1. The van der Waals surface area contributed by atoms with Crippen LogP contribution < -0.4 is 10.6 Å². The van der Waals surface area contributed by atoms with Gasteiger partial charge in [-0.25, -0.2) is 0 Å². The van der Waals surface area contributed by atoms with Crippen molar-refractivity contribution in [2.24, 2.45) is 5.92 Å². The fourth-order valence-electron chi connectivity index (χ4n) is 3.41. The van der Waals surface area contributed by atoms with Gasteiger partial charge in [0.05, 0.1) is 6.61 Å². The van der Waals surface area contributed by atoms with Gasteiger partial charge in [0.25, 0.3) is 5.91 Å². The largest absolute Gasteiger partial charge is 0.383 e. The van der Waals surface area contributed by atoms with Gasteiger partial charge in [0.2, 0.25) is 11.8 Å². The van der Waals surface area contributed by atoms with Crippen LogP contribution in [0, 0.1) is 5.92 Å². The normalized spacial score (nSPS) is 21.8. The van der Waals surface area contributed by atoms with Gasteiger partial charge in [0, 0.05) is 25.0 Å². The molecule has 0 spiro atoms. The summed E-state index contributed by atoms with van der Waals surface area (Å²) in [5, 5.41) is 5.48. The molecule has 2 aliphatic rings. The molecule has 0 radical (unpaired) electrons. The van der Waals surface area contributed by atoms with Gasteiger partial charge in [-0.3, -0.25) is 14.4 Å². The fraction of sp³-hybridized carbons (Fsp3) is 0.526. The maximum atomic E-state index is 12.9. The molecular weight excluding hydrogens is 366 g/mol. The van der Waals surface area contributed by atoms with Crippen molar-refractivity contribution < 1.29 is 19.1 Å². The van der Waals surface area contributed by atoms with Crippen molar-refractivity contribution in [1.82, 2.24) is 15.5 Å². The second-order valence-corrected chi connectivity index (χ2v) is 8.13. The van der Waals surface area contributed by atoms with Gasteiger partial charge in [0.1, 0.15) is 17.5 Å². The summed E-state index contributed by atoms with van der Waals surface area (Å²) in [6.45, 7) is 4.55. The second-order valence-electron chi connectivity index (χ2n) is 7.02. The van der Waals surface area contributed by atoms with E-state index >= 15 is 0 Å². The molecule has 8 heteroatoms. The summed E-state index contributed by atoms with van der Waals surface area (Å²) in [7, 11) is 1.56. The average Bonchev–Trinajstić information content (AvgIpc) is 3.20. The van der Waals surface area contributed by atoms with Crippen LogP contribution in [-0.4, -0.2) is 60.7 Å². The fourth-order valence-corrected chi connectivity index (χ4v) is 4.88. The van der Waals surface area contributed by atoms with E-state index in [9.17, 15) is 14.4 Å². The van der Waals surface area contributed by atoms with Gasteiger partial charge in [-0.05, 0) is 17.5 Å². The molecule has 2 N–H and O–H groups in total. The van der Waals surface area contributed by atoms with Gasteiger partial charge < -0.3 is 20.3 Å². The lowest BCUT2D eigenvalue weighted by molar-refractivity contribution is -0.132. The van der Waals surface area contributed by atoms with Crippen LogP contribution in [0.2, 0.25) is 0 Å². The minimum Gasteiger partial charge on any atom is -0.383 e. The van der Waals surface area contributed by atoms with Gasteiger partial charge in [-0.1, -0.05) is 32.0 Å². The molecule has 3 rings (SSSR count). The Labute approximate surface area is 163 Å². The monoisotopic (exact) mass is 391 g/mol. The molecule has 0 unspecified atom stereocenters. The van der Waals surface area contributed by atoms with E-state index in [1.807, 2.05) is 32.0 Å². The maximum absolute atomic E-state index is 12.9. The van der Waals surface area contributed by atoms with Crippen LogP contribution in [-0.2, 0) is 14.3 Å². The van der Waals surface area contributed by atoms with Crippen molar-refractivity contribution in [3.8, 4) is 0 Å². The number of methoxy groups -OCH3 is 1. The quantitative estimate of drug-likeness (QED) is 0.681. The Morgan fingerprint density at radius 3 is 2.78 bits per heavy atom. The predicted octanol–water partition coefficient (Wildman–Crippen LogP) is 1.16. The Balaban J connectivity index is 1.69. The van der Waals surface area contributed by atoms with E-state index in [4.69, 9.17) is 4.74 Å². The van der Waals surface area contributed by atoms with E-state index in [0.29, 0.717) is 24.5 Å². The number of thioether (sulfide) groups is 1. The Morgan fingerprint density at radius 2 is 2.07 bits per heavy atom. The lowest BCUT2D eigenvalue weighted by Gasteiger charge is -2.27. The maximum Gasteiger partial charge on any atom is 0.256 e. The van der Waals surface area contributed by atoms with Crippen LogP contribution >= 0.6 is 11.8 Å². The van der Waals surface area contributed by atoms with Gasteiger partial charge in [-0.15, -0.1) is 11.8 Å². The van der Waals surface area contributed by atoms with Crippen LogP contribution in [0.25, 0.3) is 0 Å². The van der Waals surface area contributed by atoms with Crippen molar-refractivity contribution in [3.63, 3.8) is 0 Å². The third-order valence-electron chi connectivity index (χ3n) is 4.85. The first-order chi connectivity index (χ1) is 13.0. The number of carbonyl (C=O) groups is 3. The first kappa shape index (κ1) is 19.7. The summed E-state index contributed by atoms with van der Waals surface area (Å²) in [5.41, 5.74) is 1.62. The zero-order valence-electron chi connectivity index (χ0n) is 15.7. The SMILES string of the molecule is COCCNC(=O)[C@@H](NC(=O)[C@@H]1CS[C@H]2c3ccccc3C(=O)N12)C(C)C. The highest BCUT2D eigenvalue weighted by atomic mass is 32.2. The molecule has 146 valence electrons. The summed E-state index contributed by atoms with van der Waals surface area (Å²) >= 11 is 1.58. The number of benzene rings is 1. The molecule has 0 aliphatic carbocycles. The van der Waals surface area contributed by atoms with Crippen LogP contribution in [0.5, 0.6) is 0 Å². The van der Waals surface area contributed by atoms with E-state index in [1.165, 1.54) is 0 Å². The number of rotatable bonds is 7. The molecule has 27 heavy (non-hydrogen) atoms. The molecule has 1 saturated heterocycles. The number of nitrogens with zero attached hydrogens (tertiary/aromatic N) is 1. The third kappa shape index (κ3) is 3.82. The molecule has 0 bridgehead atoms. The summed E-state index contributed by atoms with van der Waals surface area (Å²) in [5.74, 6) is -0.202. The van der Waals surface area contributed by atoms with Crippen molar-refractivity contribution in [2.45, 2.75) is 31.3 Å². The number of fused-ring (bicyclic) bond motifs is 3. The molecule has 1 aromatic rings. The Bertz CT molecular complexity index is 739. The number of carbonyl (C=O) groups excluding carboxylic acids is 3. The predicted molar refractivity (Wildman–Crippen MR) is 103 cm³/mol. The second kappa shape index (κ2) is 8.31. The highest BCUT2D eigenvalue weighted by Crippen LogP contribution is 2.48. The van der Waals surface area contributed by atoms with E-state index < -0.39 is 12.1 Å².